The number of H-pyrrole nitrogens is 1. The Kier molecular flexibility index (Phi) is 3.36. The van der Waals surface area contributed by atoms with Gasteiger partial charge in [-0.05, 0) is 42.0 Å². The molecule has 0 atom stereocenters. The number of hydrogen-bond acceptors (Lipinski definition) is 2. The lowest BCUT2D eigenvalue weighted by Crippen LogP contribution is -2.26. The molecule has 1 amide bonds. The van der Waals surface area contributed by atoms with Crippen LogP contribution in [0.2, 0.25) is 0 Å². The number of nitrogens with zero attached hydrogens (tertiary/aromatic N) is 1. The van der Waals surface area contributed by atoms with Gasteiger partial charge in [-0.25, -0.2) is 0 Å². The maximum atomic E-state index is 12.4. The molecule has 2 aromatic carbocycles. The Morgan fingerprint density at radius 2 is 1.90 bits per heavy atom. The van der Waals surface area contributed by atoms with Crippen LogP contribution >= 0.6 is 0 Å². The maximum absolute atomic E-state index is 12.4. The summed E-state index contributed by atoms with van der Waals surface area (Å²) >= 11 is 0. The lowest BCUT2D eigenvalue weighted by Gasteiger charge is -2.17. The first kappa shape index (κ1) is 13.2. The molecular weight excluding hydrogens is 264 g/mol. The topological polar surface area (TPSA) is 56.3 Å². The Bertz CT molecular complexity index is 775. The second-order valence-electron chi connectivity index (χ2n) is 5.11. The number of aromatic amines is 1. The van der Waals surface area contributed by atoms with Crippen LogP contribution < -0.4 is 0 Å². The van der Waals surface area contributed by atoms with Crippen molar-refractivity contribution in [2.45, 2.75) is 6.54 Å². The SMILES string of the molecule is CN(Cc1ccc(O)cc1)C(=O)c1ccc2[nH]ccc2c1. The van der Waals surface area contributed by atoms with Gasteiger partial charge in [-0.1, -0.05) is 12.1 Å². The average Bonchev–Trinajstić information content (AvgIpc) is 2.96. The molecule has 0 fully saturated rings. The minimum atomic E-state index is -0.0221. The largest absolute Gasteiger partial charge is 0.508 e. The van der Waals surface area contributed by atoms with Gasteiger partial charge >= 0.3 is 0 Å². The molecule has 0 bridgehead atoms. The van der Waals surface area contributed by atoms with Crippen molar-refractivity contribution in [1.29, 1.82) is 0 Å². The number of phenols is 1. The predicted octanol–water partition coefficient (Wildman–Crippen LogP) is 3.15. The first-order valence-electron chi connectivity index (χ1n) is 6.74. The number of amides is 1. The third kappa shape index (κ3) is 2.74. The van der Waals surface area contributed by atoms with E-state index in [2.05, 4.69) is 4.98 Å². The average molecular weight is 280 g/mol. The number of carbonyl (C=O) groups is 1. The van der Waals surface area contributed by atoms with Crippen LogP contribution in [-0.2, 0) is 6.54 Å². The molecule has 1 heterocycles. The Balaban J connectivity index is 1.78. The normalized spacial score (nSPS) is 10.7. The second-order valence-corrected chi connectivity index (χ2v) is 5.11. The minimum Gasteiger partial charge on any atom is -0.508 e. The van der Waals surface area contributed by atoms with E-state index in [0.29, 0.717) is 12.1 Å². The van der Waals surface area contributed by atoms with Crippen LogP contribution in [0.15, 0.2) is 54.7 Å². The lowest BCUT2D eigenvalue weighted by atomic mass is 10.1. The van der Waals surface area contributed by atoms with E-state index >= 15 is 0 Å². The van der Waals surface area contributed by atoms with Crippen LogP contribution in [0.25, 0.3) is 10.9 Å². The van der Waals surface area contributed by atoms with Crippen molar-refractivity contribution in [3.05, 3.63) is 65.9 Å². The first-order chi connectivity index (χ1) is 10.1. The van der Waals surface area contributed by atoms with Crippen molar-refractivity contribution < 1.29 is 9.90 Å². The number of nitrogens with one attached hydrogen (secondary N) is 1. The van der Waals surface area contributed by atoms with Gasteiger partial charge in [0.2, 0.25) is 0 Å². The van der Waals surface area contributed by atoms with E-state index in [1.165, 1.54) is 0 Å². The summed E-state index contributed by atoms with van der Waals surface area (Å²) in [4.78, 5) is 17.2. The molecule has 0 unspecified atom stereocenters. The Morgan fingerprint density at radius 1 is 1.14 bits per heavy atom. The molecule has 0 aliphatic heterocycles. The van der Waals surface area contributed by atoms with Crippen LogP contribution in [0, 0.1) is 0 Å². The number of benzene rings is 2. The van der Waals surface area contributed by atoms with Crippen molar-refractivity contribution in [1.82, 2.24) is 9.88 Å². The summed E-state index contributed by atoms with van der Waals surface area (Å²) in [6.45, 7) is 0.504. The third-order valence-electron chi connectivity index (χ3n) is 3.50. The van der Waals surface area contributed by atoms with Crippen LogP contribution in [0.4, 0.5) is 0 Å². The van der Waals surface area contributed by atoms with Gasteiger partial charge in [0.15, 0.2) is 0 Å². The third-order valence-corrected chi connectivity index (χ3v) is 3.50. The Labute approximate surface area is 122 Å². The molecule has 0 saturated heterocycles. The fourth-order valence-electron chi connectivity index (χ4n) is 2.35. The number of aromatic nitrogens is 1. The van der Waals surface area contributed by atoms with E-state index in [-0.39, 0.29) is 11.7 Å². The van der Waals surface area contributed by atoms with E-state index in [4.69, 9.17) is 0 Å². The summed E-state index contributed by atoms with van der Waals surface area (Å²) in [6.07, 6.45) is 1.86. The Morgan fingerprint density at radius 3 is 2.67 bits per heavy atom. The van der Waals surface area contributed by atoms with Crippen molar-refractivity contribution in [2.24, 2.45) is 0 Å². The highest BCUT2D eigenvalue weighted by Gasteiger charge is 2.12. The molecule has 3 aromatic rings. The zero-order chi connectivity index (χ0) is 14.8. The summed E-state index contributed by atoms with van der Waals surface area (Å²) in [5.41, 5.74) is 2.67. The summed E-state index contributed by atoms with van der Waals surface area (Å²) < 4.78 is 0. The fourth-order valence-corrected chi connectivity index (χ4v) is 2.35. The molecule has 1 aromatic heterocycles. The fraction of sp³-hybridized carbons (Fsp3) is 0.118. The number of fused-ring (bicyclic) bond motifs is 1. The van der Waals surface area contributed by atoms with Crippen LogP contribution in [0.3, 0.4) is 0 Å². The van der Waals surface area contributed by atoms with Gasteiger partial charge in [0.05, 0.1) is 0 Å². The molecule has 0 aliphatic carbocycles. The zero-order valence-electron chi connectivity index (χ0n) is 11.7. The van der Waals surface area contributed by atoms with Crippen molar-refractivity contribution in [2.75, 3.05) is 7.05 Å². The predicted molar refractivity (Wildman–Crippen MR) is 82.2 cm³/mol. The van der Waals surface area contributed by atoms with E-state index in [0.717, 1.165) is 16.5 Å². The van der Waals surface area contributed by atoms with Gasteiger partial charge in [-0.2, -0.15) is 0 Å². The molecule has 0 aliphatic rings. The quantitative estimate of drug-likeness (QED) is 0.774. The number of phenolic OH excluding ortho intramolecular Hbond substituents is 1. The van der Waals surface area contributed by atoms with E-state index in [9.17, 15) is 9.90 Å². The second kappa shape index (κ2) is 5.32. The van der Waals surface area contributed by atoms with Crippen molar-refractivity contribution in [3.8, 4) is 5.75 Å². The highest BCUT2D eigenvalue weighted by molar-refractivity contribution is 5.97. The van der Waals surface area contributed by atoms with Crippen LogP contribution in [-0.4, -0.2) is 27.9 Å². The first-order valence-corrected chi connectivity index (χ1v) is 6.74. The summed E-state index contributed by atoms with van der Waals surface area (Å²) in [6, 6.07) is 14.5. The minimum absolute atomic E-state index is 0.0221. The van der Waals surface area contributed by atoms with Crippen molar-refractivity contribution in [3.63, 3.8) is 0 Å². The zero-order valence-corrected chi connectivity index (χ0v) is 11.7. The van der Waals surface area contributed by atoms with Crippen LogP contribution in [0.5, 0.6) is 5.75 Å². The molecule has 4 nitrogen and oxygen atoms in total. The van der Waals surface area contributed by atoms with Gasteiger partial charge in [-0.3, -0.25) is 4.79 Å². The Hall–Kier alpha value is -2.75. The van der Waals surface area contributed by atoms with Gasteiger partial charge in [0.25, 0.3) is 5.91 Å². The van der Waals surface area contributed by atoms with E-state index in [1.807, 2.05) is 42.6 Å². The van der Waals surface area contributed by atoms with Crippen LogP contribution in [0.1, 0.15) is 15.9 Å². The molecule has 3 rings (SSSR count). The standard InChI is InChI=1S/C17H16N2O2/c1-19(11-12-2-5-15(20)6-3-12)17(21)14-4-7-16-13(10-14)8-9-18-16/h2-10,18,20H,11H2,1H3. The van der Waals surface area contributed by atoms with E-state index < -0.39 is 0 Å². The van der Waals surface area contributed by atoms with Crippen molar-refractivity contribution >= 4 is 16.8 Å². The highest BCUT2D eigenvalue weighted by atomic mass is 16.3. The molecule has 0 saturated carbocycles. The monoisotopic (exact) mass is 280 g/mol. The van der Waals surface area contributed by atoms with Gasteiger partial charge < -0.3 is 15.0 Å². The smallest absolute Gasteiger partial charge is 0.253 e. The maximum Gasteiger partial charge on any atom is 0.253 e. The molecule has 0 radical (unpaired) electrons. The van der Waals surface area contributed by atoms with Gasteiger partial charge in [0, 0.05) is 36.3 Å². The van der Waals surface area contributed by atoms with E-state index in [1.54, 1.807) is 24.1 Å². The molecule has 106 valence electrons. The molecule has 21 heavy (non-hydrogen) atoms. The van der Waals surface area contributed by atoms with Gasteiger partial charge in [-0.15, -0.1) is 0 Å². The molecule has 0 spiro atoms. The molecule has 4 heteroatoms. The number of hydrogen-bond donors (Lipinski definition) is 2. The number of rotatable bonds is 3. The number of carbonyl (C=O) groups excluding carboxylic acids is 1. The number of aromatic hydroxyl groups is 1. The summed E-state index contributed by atoms with van der Waals surface area (Å²) in [7, 11) is 1.77. The molecular formula is C17H16N2O2. The van der Waals surface area contributed by atoms with Gasteiger partial charge in [0.1, 0.15) is 5.75 Å². The molecule has 2 N–H and O–H groups in total. The lowest BCUT2D eigenvalue weighted by molar-refractivity contribution is 0.0785. The summed E-state index contributed by atoms with van der Waals surface area (Å²) in [5, 5.41) is 10.3. The summed E-state index contributed by atoms with van der Waals surface area (Å²) in [5.74, 6) is 0.205. The highest BCUT2D eigenvalue weighted by Crippen LogP contribution is 2.17.